The average molecular weight is 271 g/mol. The summed E-state index contributed by atoms with van der Waals surface area (Å²) < 4.78 is 5.49. The van der Waals surface area contributed by atoms with Gasteiger partial charge in [-0.25, -0.2) is 0 Å². The Morgan fingerprint density at radius 3 is 2.47 bits per heavy atom. The van der Waals surface area contributed by atoms with Crippen LogP contribution in [0.4, 0.5) is 0 Å². The number of carbonyl (C=O) groups is 2. The lowest BCUT2D eigenvalue weighted by molar-refractivity contribution is -0.136. The van der Waals surface area contributed by atoms with Gasteiger partial charge in [0.15, 0.2) is 0 Å². The molecular formula is C13H25N3O3. The Bertz CT molecular complexity index is 339. The standard InChI is InChI=1S/C13H25N3O3/c1-8(11(17)16-13(2,3)4)15-12(18)10-6-5-9(7-14)19-10/h8-10H,5-7,14H2,1-4H3,(H,15,18)(H,16,17)/t8?,9-,10+/m1/s1. The van der Waals surface area contributed by atoms with Crippen molar-refractivity contribution < 1.29 is 14.3 Å². The molecule has 0 aromatic rings. The van der Waals surface area contributed by atoms with Crippen LogP contribution in [0.15, 0.2) is 0 Å². The van der Waals surface area contributed by atoms with Gasteiger partial charge in [0.1, 0.15) is 12.1 Å². The van der Waals surface area contributed by atoms with Gasteiger partial charge in [-0.05, 0) is 40.5 Å². The zero-order valence-electron chi connectivity index (χ0n) is 12.2. The van der Waals surface area contributed by atoms with Crippen LogP contribution in [0.5, 0.6) is 0 Å². The molecule has 3 atom stereocenters. The van der Waals surface area contributed by atoms with E-state index in [1.165, 1.54) is 0 Å². The first kappa shape index (κ1) is 15.9. The molecule has 6 heteroatoms. The number of rotatable bonds is 4. The summed E-state index contributed by atoms with van der Waals surface area (Å²) in [4.78, 5) is 23.8. The maximum atomic E-state index is 11.9. The Kier molecular flexibility index (Phi) is 5.31. The highest BCUT2D eigenvalue weighted by Gasteiger charge is 2.31. The van der Waals surface area contributed by atoms with Crippen LogP contribution in [0.1, 0.15) is 40.5 Å². The van der Waals surface area contributed by atoms with Crippen LogP contribution in [0, 0.1) is 0 Å². The summed E-state index contributed by atoms with van der Waals surface area (Å²) in [5.41, 5.74) is 5.18. The van der Waals surface area contributed by atoms with Crippen molar-refractivity contribution in [2.75, 3.05) is 6.54 Å². The number of hydrogen-bond acceptors (Lipinski definition) is 4. The number of nitrogens with two attached hydrogens (primary N) is 1. The molecule has 0 aromatic heterocycles. The van der Waals surface area contributed by atoms with Crippen LogP contribution >= 0.6 is 0 Å². The Balaban J connectivity index is 2.42. The van der Waals surface area contributed by atoms with E-state index in [2.05, 4.69) is 10.6 Å². The molecule has 0 aliphatic carbocycles. The van der Waals surface area contributed by atoms with Crippen molar-refractivity contribution in [3.05, 3.63) is 0 Å². The number of carbonyl (C=O) groups excluding carboxylic acids is 2. The van der Waals surface area contributed by atoms with Gasteiger partial charge in [-0.15, -0.1) is 0 Å². The third-order valence-electron chi connectivity index (χ3n) is 2.91. The van der Waals surface area contributed by atoms with E-state index >= 15 is 0 Å². The van der Waals surface area contributed by atoms with Gasteiger partial charge in [-0.3, -0.25) is 9.59 Å². The van der Waals surface area contributed by atoms with Gasteiger partial charge in [-0.2, -0.15) is 0 Å². The van der Waals surface area contributed by atoms with E-state index in [1.807, 2.05) is 20.8 Å². The van der Waals surface area contributed by atoms with Crippen molar-refractivity contribution in [2.24, 2.45) is 5.73 Å². The lowest BCUT2D eigenvalue weighted by Gasteiger charge is -2.24. The molecule has 1 heterocycles. The van der Waals surface area contributed by atoms with E-state index < -0.39 is 12.1 Å². The smallest absolute Gasteiger partial charge is 0.249 e. The lowest BCUT2D eigenvalue weighted by Crippen LogP contribution is -2.52. The molecule has 6 nitrogen and oxygen atoms in total. The zero-order valence-corrected chi connectivity index (χ0v) is 12.2. The molecule has 0 aromatic carbocycles. The first-order valence-electron chi connectivity index (χ1n) is 6.71. The minimum absolute atomic E-state index is 0.0468. The van der Waals surface area contributed by atoms with E-state index in [9.17, 15) is 9.59 Å². The van der Waals surface area contributed by atoms with Crippen LogP contribution in [-0.2, 0) is 14.3 Å². The third kappa shape index (κ3) is 5.16. The molecule has 1 aliphatic heterocycles. The molecule has 110 valence electrons. The highest BCUT2D eigenvalue weighted by molar-refractivity contribution is 5.89. The van der Waals surface area contributed by atoms with E-state index in [0.29, 0.717) is 13.0 Å². The van der Waals surface area contributed by atoms with Crippen LogP contribution in [0.2, 0.25) is 0 Å². The predicted octanol–water partition coefficient (Wildman–Crippen LogP) is -0.0879. The van der Waals surface area contributed by atoms with Crippen molar-refractivity contribution in [2.45, 2.75) is 64.3 Å². The second-order valence-corrected chi connectivity index (χ2v) is 6.03. The molecule has 2 amide bonds. The molecule has 1 unspecified atom stereocenters. The number of nitrogens with one attached hydrogen (secondary N) is 2. The summed E-state index contributed by atoms with van der Waals surface area (Å²) in [6.45, 7) is 7.76. The molecule has 0 saturated carbocycles. The highest BCUT2D eigenvalue weighted by Crippen LogP contribution is 2.18. The monoisotopic (exact) mass is 271 g/mol. The fourth-order valence-corrected chi connectivity index (χ4v) is 1.92. The van der Waals surface area contributed by atoms with Crippen LogP contribution in [0.3, 0.4) is 0 Å². The molecule has 4 N–H and O–H groups in total. The van der Waals surface area contributed by atoms with E-state index in [0.717, 1.165) is 6.42 Å². The molecule has 1 saturated heterocycles. The van der Waals surface area contributed by atoms with Gasteiger partial charge >= 0.3 is 0 Å². The maximum absolute atomic E-state index is 11.9. The van der Waals surface area contributed by atoms with Crippen LogP contribution in [0.25, 0.3) is 0 Å². The van der Waals surface area contributed by atoms with Gasteiger partial charge in [0.05, 0.1) is 6.10 Å². The maximum Gasteiger partial charge on any atom is 0.249 e. The molecule has 0 spiro atoms. The van der Waals surface area contributed by atoms with Gasteiger partial charge in [0.2, 0.25) is 11.8 Å². The largest absolute Gasteiger partial charge is 0.364 e. The fourth-order valence-electron chi connectivity index (χ4n) is 1.92. The second kappa shape index (κ2) is 6.34. The summed E-state index contributed by atoms with van der Waals surface area (Å²) in [6.07, 6.45) is 0.909. The Labute approximate surface area is 114 Å². The average Bonchev–Trinajstić information content (AvgIpc) is 2.75. The summed E-state index contributed by atoms with van der Waals surface area (Å²) in [5.74, 6) is -0.443. The van der Waals surface area contributed by atoms with Gasteiger partial charge < -0.3 is 21.1 Å². The summed E-state index contributed by atoms with van der Waals surface area (Å²) in [6, 6.07) is -0.577. The topological polar surface area (TPSA) is 93.5 Å². The fraction of sp³-hybridized carbons (Fsp3) is 0.846. The van der Waals surface area contributed by atoms with Gasteiger partial charge in [0, 0.05) is 12.1 Å². The summed E-state index contributed by atoms with van der Waals surface area (Å²) >= 11 is 0. The van der Waals surface area contributed by atoms with Crippen LogP contribution in [-0.4, -0.2) is 42.1 Å². The number of hydrogen-bond donors (Lipinski definition) is 3. The lowest BCUT2D eigenvalue weighted by atomic mass is 10.1. The van der Waals surface area contributed by atoms with Gasteiger partial charge in [-0.1, -0.05) is 0 Å². The predicted molar refractivity (Wildman–Crippen MR) is 72.4 cm³/mol. The van der Waals surface area contributed by atoms with Crippen LogP contribution < -0.4 is 16.4 Å². The van der Waals surface area contributed by atoms with Crippen molar-refractivity contribution in [1.29, 1.82) is 0 Å². The van der Waals surface area contributed by atoms with Gasteiger partial charge in [0.25, 0.3) is 0 Å². The van der Waals surface area contributed by atoms with Crippen molar-refractivity contribution in [3.8, 4) is 0 Å². The molecule has 1 fully saturated rings. The van der Waals surface area contributed by atoms with E-state index in [1.54, 1.807) is 6.92 Å². The summed E-state index contributed by atoms with van der Waals surface area (Å²) in [5, 5.41) is 5.49. The second-order valence-electron chi connectivity index (χ2n) is 6.03. The first-order valence-corrected chi connectivity index (χ1v) is 6.71. The van der Waals surface area contributed by atoms with E-state index in [4.69, 9.17) is 10.5 Å². The van der Waals surface area contributed by atoms with Crippen molar-refractivity contribution in [3.63, 3.8) is 0 Å². The molecule has 0 bridgehead atoms. The molecule has 1 rings (SSSR count). The van der Waals surface area contributed by atoms with Crippen molar-refractivity contribution in [1.82, 2.24) is 10.6 Å². The normalized spacial score (nSPS) is 24.9. The Morgan fingerprint density at radius 2 is 2.00 bits per heavy atom. The Hall–Kier alpha value is -1.14. The SMILES string of the molecule is CC(NC(=O)[C@@H]1CC[C@H](CN)O1)C(=O)NC(C)(C)C. The molecule has 1 aliphatic rings. The minimum Gasteiger partial charge on any atom is -0.364 e. The molecule has 19 heavy (non-hydrogen) atoms. The molecule has 0 radical (unpaired) electrons. The Morgan fingerprint density at radius 1 is 1.37 bits per heavy atom. The minimum atomic E-state index is -0.577. The third-order valence-corrected chi connectivity index (χ3v) is 2.91. The molecular weight excluding hydrogens is 246 g/mol. The first-order chi connectivity index (χ1) is 8.73. The zero-order chi connectivity index (χ0) is 14.6. The number of amides is 2. The summed E-state index contributed by atoms with van der Waals surface area (Å²) in [7, 11) is 0. The quantitative estimate of drug-likeness (QED) is 0.666. The van der Waals surface area contributed by atoms with E-state index in [-0.39, 0.29) is 23.5 Å². The number of ether oxygens (including phenoxy) is 1. The van der Waals surface area contributed by atoms with Crippen molar-refractivity contribution >= 4 is 11.8 Å². The highest BCUT2D eigenvalue weighted by atomic mass is 16.5.